The number of aromatic nitrogens is 1. The summed E-state index contributed by atoms with van der Waals surface area (Å²) in [7, 11) is 0. The lowest BCUT2D eigenvalue weighted by Crippen LogP contribution is -2.50. The van der Waals surface area contributed by atoms with Crippen LogP contribution in [0.2, 0.25) is 0 Å². The van der Waals surface area contributed by atoms with E-state index >= 15 is 0 Å². The van der Waals surface area contributed by atoms with Crippen molar-refractivity contribution in [2.45, 2.75) is 110 Å². The van der Waals surface area contributed by atoms with Crippen molar-refractivity contribution in [2.75, 3.05) is 25.1 Å². The predicted molar refractivity (Wildman–Crippen MR) is 178 cm³/mol. The number of ether oxygens (including phenoxy) is 2. The van der Waals surface area contributed by atoms with Crippen LogP contribution in [0, 0.1) is 23.7 Å². The number of hydrogen-bond donors (Lipinski definition) is 3. The van der Waals surface area contributed by atoms with Gasteiger partial charge < -0.3 is 30.0 Å². The lowest BCUT2D eigenvalue weighted by Gasteiger charge is -2.37. The molecule has 2 heterocycles. The Morgan fingerprint density at radius 3 is 2.38 bits per heavy atom. The SMILES string of the molecule is CCOC(=O)c1cc2cc(NC(=O)[C@@H]3[C@H](C4CCCCC4)CCN3C(=O)C3CCC([C@@H](CF)NC(=O)OC(C)(C)C)CC3)ccc2[nH]1. The highest BCUT2D eigenvalue weighted by Crippen LogP contribution is 2.41. The van der Waals surface area contributed by atoms with Crippen molar-refractivity contribution in [1.29, 1.82) is 0 Å². The first kappa shape index (κ1) is 34.7. The number of hydrogen-bond acceptors (Lipinski definition) is 6. The molecule has 3 fully saturated rings. The van der Waals surface area contributed by atoms with Gasteiger partial charge in [-0.15, -0.1) is 0 Å². The van der Waals surface area contributed by atoms with E-state index < -0.39 is 36.4 Å². The highest BCUT2D eigenvalue weighted by Gasteiger charge is 2.47. The molecule has 0 unspecified atom stereocenters. The van der Waals surface area contributed by atoms with E-state index in [1.165, 1.54) is 6.42 Å². The molecule has 3 N–H and O–H groups in total. The maximum absolute atomic E-state index is 14.1. The summed E-state index contributed by atoms with van der Waals surface area (Å²) < 4.78 is 24.5. The summed E-state index contributed by atoms with van der Waals surface area (Å²) in [5, 5.41) is 6.57. The number of carbonyl (C=O) groups is 4. The van der Waals surface area contributed by atoms with Crippen LogP contribution in [0.1, 0.15) is 102 Å². The van der Waals surface area contributed by atoms with E-state index in [2.05, 4.69) is 15.6 Å². The Morgan fingerprint density at radius 1 is 1.00 bits per heavy atom. The van der Waals surface area contributed by atoms with Crippen LogP contribution in [-0.2, 0) is 19.1 Å². The molecule has 2 aliphatic carbocycles. The van der Waals surface area contributed by atoms with Crippen LogP contribution in [-0.4, -0.2) is 71.3 Å². The molecule has 0 spiro atoms. The maximum atomic E-state index is 14.1. The molecule has 1 aliphatic heterocycles. The van der Waals surface area contributed by atoms with Gasteiger partial charge in [-0.25, -0.2) is 14.0 Å². The van der Waals surface area contributed by atoms with Gasteiger partial charge in [0.05, 0.1) is 12.6 Å². The number of fused-ring (bicyclic) bond motifs is 1. The summed E-state index contributed by atoms with van der Waals surface area (Å²) >= 11 is 0. The van der Waals surface area contributed by atoms with Gasteiger partial charge in [0.25, 0.3) is 0 Å². The third-order valence-corrected chi connectivity index (χ3v) is 10.2. The van der Waals surface area contributed by atoms with Crippen molar-refractivity contribution >= 4 is 40.5 Å². The van der Waals surface area contributed by atoms with E-state index in [4.69, 9.17) is 9.47 Å². The number of rotatable bonds is 9. The summed E-state index contributed by atoms with van der Waals surface area (Å²) in [5.41, 5.74) is 1.04. The van der Waals surface area contributed by atoms with Crippen molar-refractivity contribution in [1.82, 2.24) is 15.2 Å². The number of H-pyrrole nitrogens is 1. The van der Waals surface area contributed by atoms with Crippen molar-refractivity contribution in [3.63, 3.8) is 0 Å². The monoisotopic (exact) mass is 654 g/mol. The second-order valence-electron chi connectivity index (χ2n) is 14.5. The number of esters is 1. The van der Waals surface area contributed by atoms with Gasteiger partial charge in [0.1, 0.15) is 24.0 Å². The number of likely N-dealkylation sites (tertiary alicyclic amines) is 1. The minimum Gasteiger partial charge on any atom is -0.461 e. The molecule has 11 heteroatoms. The average Bonchev–Trinajstić information content (AvgIpc) is 3.68. The summed E-state index contributed by atoms with van der Waals surface area (Å²) in [6, 6.07) is 5.95. The molecular formula is C36H51FN4O6. The van der Waals surface area contributed by atoms with Crippen molar-refractivity contribution < 1.29 is 33.0 Å². The van der Waals surface area contributed by atoms with E-state index in [0.29, 0.717) is 49.5 Å². The molecule has 47 heavy (non-hydrogen) atoms. The third kappa shape index (κ3) is 8.46. The highest BCUT2D eigenvalue weighted by atomic mass is 19.1. The van der Waals surface area contributed by atoms with Gasteiger partial charge in [-0.2, -0.15) is 0 Å². The summed E-state index contributed by atoms with van der Waals surface area (Å²) in [6.07, 6.45) is 8.21. The lowest BCUT2D eigenvalue weighted by atomic mass is 9.76. The zero-order valence-corrected chi connectivity index (χ0v) is 28.2. The highest BCUT2D eigenvalue weighted by molar-refractivity contribution is 6.01. The average molecular weight is 655 g/mol. The van der Waals surface area contributed by atoms with Crippen LogP contribution in [0.4, 0.5) is 14.9 Å². The number of carbonyl (C=O) groups excluding carboxylic acids is 4. The fourth-order valence-corrected chi connectivity index (χ4v) is 7.95. The van der Waals surface area contributed by atoms with E-state index in [1.807, 2.05) is 17.0 Å². The van der Waals surface area contributed by atoms with E-state index in [1.54, 1.807) is 39.8 Å². The van der Waals surface area contributed by atoms with E-state index in [0.717, 1.165) is 43.0 Å². The second kappa shape index (κ2) is 15.1. The molecule has 0 bridgehead atoms. The summed E-state index contributed by atoms with van der Waals surface area (Å²) in [5.74, 6) is -0.452. The zero-order valence-electron chi connectivity index (χ0n) is 28.2. The Kier molecular flexibility index (Phi) is 11.1. The molecule has 1 aromatic carbocycles. The molecule has 3 amide bonds. The molecule has 5 rings (SSSR count). The van der Waals surface area contributed by atoms with Crippen LogP contribution in [0.3, 0.4) is 0 Å². The molecular weight excluding hydrogens is 603 g/mol. The molecule has 3 atom stereocenters. The molecule has 1 aromatic heterocycles. The molecule has 2 saturated carbocycles. The van der Waals surface area contributed by atoms with Gasteiger partial charge in [-0.1, -0.05) is 32.1 Å². The lowest BCUT2D eigenvalue weighted by molar-refractivity contribution is -0.142. The third-order valence-electron chi connectivity index (χ3n) is 10.2. The van der Waals surface area contributed by atoms with Crippen LogP contribution in [0.15, 0.2) is 24.3 Å². The largest absolute Gasteiger partial charge is 0.461 e. The number of benzene rings is 1. The minimum atomic E-state index is -0.696. The van der Waals surface area contributed by atoms with Gasteiger partial charge >= 0.3 is 12.1 Å². The Morgan fingerprint density at radius 2 is 1.72 bits per heavy atom. The Labute approximate surface area is 276 Å². The molecule has 10 nitrogen and oxygen atoms in total. The number of nitrogens with one attached hydrogen (secondary N) is 3. The Hall–Kier alpha value is -3.63. The first-order valence-electron chi connectivity index (χ1n) is 17.4. The number of nitrogens with zero attached hydrogens (tertiary/aromatic N) is 1. The quantitative estimate of drug-likeness (QED) is 0.257. The smallest absolute Gasteiger partial charge is 0.407 e. The Balaban J connectivity index is 1.27. The van der Waals surface area contributed by atoms with Crippen LogP contribution in [0.5, 0.6) is 0 Å². The predicted octanol–water partition coefficient (Wildman–Crippen LogP) is 6.75. The fourth-order valence-electron chi connectivity index (χ4n) is 7.95. The molecule has 2 aromatic rings. The number of alkyl carbamates (subject to hydrolysis) is 1. The summed E-state index contributed by atoms with van der Waals surface area (Å²) in [4.78, 5) is 57.6. The van der Waals surface area contributed by atoms with Gasteiger partial charge in [-0.05, 0) is 102 Å². The number of alkyl halides is 1. The first-order chi connectivity index (χ1) is 22.5. The van der Waals surface area contributed by atoms with Crippen molar-refractivity contribution in [3.8, 4) is 0 Å². The minimum absolute atomic E-state index is 0.000950. The maximum Gasteiger partial charge on any atom is 0.407 e. The van der Waals surface area contributed by atoms with E-state index in [9.17, 15) is 23.6 Å². The van der Waals surface area contributed by atoms with Gasteiger partial charge in [0.15, 0.2) is 0 Å². The number of aromatic amines is 1. The van der Waals surface area contributed by atoms with E-state index in [-0.39, 0.29) is 36.2 Å². The van der Waals surface area contributed by atoms with Crippen LogP contribution >= 0.6 is 0 Å². The van der Waals surface area contributed by atoms with Crippen LogP contribution in [0.25, 0.3) is 10.9 Å². The fraction of sp³-hybridized carbons (Fsp3) is 0.667. The van der Waals surface area contributed by atoms with Crippen molar-refractivity contribution in [3.05, 3.63) is 30.0 Å². The first-order valence-corrected chi connectivity index (χ1v) is 17.4. The number of anilines is 1. The number of halogens is 1. The molecule has 3 aliphatic rings. The molecule has 258 valence electrons. The van der Waals surface area contributed by atoms with Gasteiger partial charge in [-0.3, -0.25) is 9.59 Å². The Bertz CT molecular complexity index is 1420. The second-order valence-corrected chi connectivity index (χ2v) is 14.5. The molecule has 0 radical (unpaired) electrons. The van der Waals surface area contributed by atoms with Gasteiger partial charge in [0.2, 0.25) is 11.8 Å². The molecule has 1 saturated heterocycles. The van der Waals surface area contributed by atoms with Gasteiger partial charge in [0, 0.05) is 29.1 Å². The topological polar surface area (TPSA) is 130 Å². The summed E-state index contributed by atoms with van der Waals surface area (Å²) in [6.45, 7) is 7.18. The van der Waals surface area contributed by atoms with Crippen molar-refractivity contribution in [2.24, 2.45) is 23.7 Å². The zero-order chi connectivity index (χ0) is 33.7. The van der Waals surface area contributed by atoms with Crippen LogP contribution < -0.4 is 10.6 Å². The number of amides is 3. The standard InChI is InChI=1S/C36H51FN4O6/c1-5-46-34(44)29-20-25-19-26(15-16-28(25)39-29)38-32(42)31-27(22-9-7-6-8-10-22)17-18-41(31)33(43)24-13-11-23(12-14-24)30(21-37)40-35(45)47-36(2,3)4/h15-16,19-20,22-24,27,30-31,39H,5-14,17-18,21H2,1-4H3,(H,38,42)(H,40,45)/t23?,24?,27-,30+,31-/m0/s1. The normalized spacial score (nSPS) is 24.5.